The van der Waals surface area contributed by atoms with Gasteiger partial charge in [-0.2, -0.15) is 0 Å². The number of rotatable bonds is 4. The van der Waals surface area contributed by atoms with E-state index in [1.807, 2.05) is 0 Å². The van der Waals surface area contributed by atoms with E-state index in [9.17, 15) is 0 Å². The van der Waals surface area contributed by atoms with E-state index in [4.69, 9.17) is 0 Å². The first-order chi connectivity index (χ1) is 8.70. The van der Waals surface area contributed by atoms with Crippen LogP contribution < -0.4 is 5.32 Å². The molecule has 18 heavy (non-hydrogen) atoms. The molecule has 0 atom stereocenters. The van der Waals surface area contributed by atoms with Crippen LogP contribution >= 0.6 is 27.7 Å². The molecule has 0 heterocycles. The Bertz CT molecular complexity index is 523. The van der Waals surface area contributed by atoms with Gasteiger partial charge in [-0.15, -0.1) is 11.8 Å². The molecule has 0 aliphatic rings. The standard InChI is InChI=1S/C15H16BrNS/c1-11-14(16)4-3-5-15(11)17-10-12-6-8-13(18-2)9-7-12/h3-9,17H,10H2,1-2H3. The van der Waals surface area contributed by atoms with Crippen molar-refractivity contribution < 1.29 is 0 Å². The van der Waals surface area contributed by atoms with Crippen molar-refractivity contribution in [3.8, 4) is 0 Å². The minimum atomic E-state index is 0.853. The van der Waals surface area contributed by atoms with Gasteiger partial charge in [0.1, 0.15) is 0 Å². The predicted molar refractivity (Wildman–Crippen MR) is 84.4 cm³/mol. The van der Waals surface area contributed by atoms with E-state index in [0.717, 1.165) is 11.0 Å². The lowest BCUT2D eigenvalue weighted by Crippen LogP contribution is -2.01. The first-order valence-corrected chi connectivity index (χ1v) is 7.84. The summed E-state index contributed by atoms with van der Waals surface area (Å²) in [5, 5.41) is 3.47. The van der Waals surface area contributed by atoms with Crippen molar-refractivity contribution in [1.29, 1.82) is 0 Å². The van der Waals surface area contributed by atoms with Gasteiger partial charge < -0.3 is 5.32 Å². The summed E-state index contributed by atoms with van der Waals surface area (Å²) < 4.78 is 1.14. The molecular weight excluding hydrogens is 306 g/mol. The third-order valence-corrected chi connectivity index (χ3v) is 4.51. The van der Waals surface area contributed by atoms with Gasteiger partial charge in [-0.05, 0) is 48.6 Å². The molecule has 1 N–H and O–H groups in total. The minimum absolute atomic E-state index is 0.853. The van der Waals surface area contributed by atoms with E-state index < -0.39 is 0 Å². The third-order valence-electron chi connectivity index (χ3n) is 2.91. The molecular formula is C15H16BrNS. The fraction of sp³-hybridized carbons (Fsp3) is 0.200. The number of hydrogen-bond acceptors (Lipinski definition) is 2. The highest BCUT2D eigenvalue weighted by atomic mass is 79.9. The fourth-order valence-corrected chi connectivity index (χ4v) is 2.51. The zero-order chi connectivity index (χ0) is 13.0. The minimum Gasteiger partial charge on any atom is -0.381 e. The van der Waals surface area contributed by atoms with Gasteiger partial charge in [0.2, 0.25) is 0 Å². The first kappa shape index (κ1) is 13.5. The van der Waals surface area contributed by atoms with Crippen LogP contribution in [0.2, 0.25) is 0 Å². The lowest BCUT2D eigenvalue weighted by atomic mass is 10.2. The molecule has 94 valence electrons. The molecule has 0 aliphatic heterocycles. The Morgan fingerprint density at radius 2 is 1.83 bits per heavy atom. The van der Waals surface area contributed by atoms with E-state index in [2.05, 4.69) is 76.9 Å². The van der Waals surface area contributed by atoms with Crippen molar-refractivity contribution >= 4 is 33.4 Å². The smallest absolute Gasteiger partial charge is 0.0400 e. The highest BCUT2D eigenvalue weighted by Crippen LogP contribution is 2.24. The van der Waals surface area contributed by atoms with Crippen LogP contribution in [0.3, 0.4) is 0 Å². The second kappa shape index (κ2) is 6.30. The van der Waals surface area contributed by atoms with Crippen LogP contribution in [-0.2, 0) is 6.54 Å². The SMILES string of the molecule is CSc1ccc(CNc2cccc(Br)c2C)cc1. The number of anilines is 1. The van der Waals surface area contributed by atoms with E-state index in [-0.39, 0.29) is 0 Å². The monoisotopic (exact) mass is 321 g/mol. The fourth-order valence-electron chi connectivity index (χ4n) is 1.74. The number of benzene rings is 2. The molecule has 3 heteroatoms. The van der Waals surface area contributed by atoms with E-state index >= 15 is 0 Å². The number of nitrogens with one attached hydrogen (secondary N) is 1. The quantitative estimate of drug-likeness (QED) is 0.787. The number of hydrogen-bond donors (Lipinski definition) is 1. The normalized spacial score (nSPS) is 10.4. The molecule has 0 aromatic heterocycles. The Balaban J connectivity index is 2.04. The van der Waals surface area contributed by atoms with Crippen LogP contribution in [0.5, 0.6) is 0 Å². The van der Waals surface area contributed by atoms with E-state index in [0.29, 0.717) is 0 Å². The van der Waals surface area contributed by atoms with E-state index in [1.54, 1.807) is 11.8 Å². The molecule has 2 aromatic carbocycles. The summed E-state index contributed by atoms with van der Waals surface area (Å²) in [5.41, 5.74) is 3.73. The van der Waals surface area contributed by atoms with Crippen molar-refractivity contribution in [3.05, 3.63) is 58.1 Å². The van der Waals surface area contributed by atoms with Crippen LogP contribution in [0.1, 0.15) is 11.1 Å². The largest absolute Gasteiger partial charge is 0.381 e. The Morgan fingerprint density at radius 3 is 2.50 bits per heavy atom. The van der Waals surface area contributed by atoms with E-state index in [1.165, 1.54) is 21.7 Å². The van der Waals surface area contributed by atoms with Crippen molar-refractivity contribution in [1.82, 2.24) is 0 Å². The Kier molecular flexibility index (Phi) is 4.72. The summed E-state index contributed by atoms with van der Waals surface area (Å²) in [6, 6.07) is 14.9. The molecule has 1 nitrogen and oxygen atoms in total. The summed E-state index contributed by atoms with van der Waals surface area (Å²) in [7, 11) is 0. The Morgan fingerprint density at radius 1 is 1.11 bits per heavy atom. The van der Waals surface area contributed by atoms with Gasteiger partial charge in [0.15, 0.2) is 0 Å². The zero-order valence-corrected chi connectivity index (χ0v) is 12.9. The maximum absolute atomic E-state index is 3.55. The summed E-state index contributed by atoms with van der Waals surface area (Å²) in [6.07, 6.45) is 2.10. The van der Waals surface area contributed by atoms with Gasteiger partial charge in [0.25, 0.3) is 0 Å². The van der Waals surface area contributed by atoms with Crippen LogP contribution in [0.15, 0.2) is 51.8 Å². The topological polar surface area (TPSA) is 12.0 Å². The highest BCUT2D eigenvalue weighted by Gasteiger charge is 2.01. The molecule has 0 saturated carbocycles. The van der Waals surface area contributed by atoms with Gasteiger partial charge in [-0.25, -0.2) is 0 Å². The molecule has 0 aliphatic carbocycles. The molecule has 0 bridgehead atoms. The Hall–Kier alpha value is -0.930. The van der Waals surface area contributed by atoms with Gasteiger partial charge >= 0.3 is 0 Å². The van der Waals surface area contributed by atoms with Crippen LogP contribution in [0.4, 0.5) is 5.69 Å². The molecule has 0 saturated heterocycles. The predicted octanol–water partition coefficient (Wildman–Crippen LogP) is 5.09. The van der Waals surface area contributed by atoms with Gasteiger partial charge in [0.05, 0.1) is 0 Å². The van der Waals surface area contributed by atoms with Crippen LogP contribution in [0, 0.1) is 6.92 Å². The summed E-state index contributed by atoms with van der Waals surface area (Å²) >= 11 is 5.32. The van der Waals surface area contributed by atoms with Gasteiger partial charge in [0, 0.05) is 21.6 Å². The second-order valence-corrected chi connectivity index (χ2v) is 5.85. The van der Waals surface area contributed by atoms with Crippen molar-refractivity contribution in [3.63, 3.8) is 0 Å². The summed E-state index contributed by atoms with van der Waals surface area (Å²) in [4.78, 5) is 1.30. The Labute approximate surface area is 121 Å². The maximum atomic E-state index is 3.55. The lowest BCUT2D eigenvalue weighted by molar-refractivity contribution is 1.13. The van der Waals surface area contributed by atoms with Gasteiger partial charge in [-0.1, -0.05) is 34.1 Å². The maximum Gasteiger partial charge on any atom is 0.0400 e. The van der Waals surface area contributed by atoms with Crippen molar-refractivity contribution in [2.24, 2.45) is 0 Å². The van der Waals surface area contributed by atoms with Crippen LogP contribution in [-0.4, -0.2) is 6.26 Å². The summed E-state index contributed by atoms with van der Waals surface area (Å²) in [6.45, 7) is 2.97. The molecule has 0 amide bonds. The highest BCUT2D eigenvalue weighted by molar-refractivity contribution is 9.10. The number of thioether (sulfide) groups is 1. The van der Waals surface area contributed by atoms with Gasteiger partial charge in [-0.3, -0.25) is 0 Å². The average Bonchev–Trinajstić information content (AvgIpc) is 2.41. The van der Waals surface area contributed by atoms with Crippen molar-refractivity contribution in [2.75, 3.05) is 11.6 Å². The second-order valence-electron chi connectivity index (χ2n) is 4.11. The lowest BCUT2D eigenvalue weighted by Gasteiger charge is -2.11. The van der Waals surface area contributed by atoms with Crippen LogP contribution in [0.25, 0.3) is 0 Å². The molecule has 0 fully saturated rings. The summed E-state index contributed by atoms with van der Waals surface area (Å²) in [5.74, 6) is 0. The zero-order valence-electron chi connectivity index (χ0n) is 10.5. The molecule has 2 rings (SSSR count). The first-order valence-electron chi connectivity index (χ1n) is 5.82. The molecule has 2 aromatic rings. The molecule has 0 unspecified atom stereocenters. The number of halogens is 1. The molecule has 0 spiro atoms. The third kappa shape index (κ3) is 3.30. The van der Waals surface area contributed by atoms with Crippen molar-refractivity contribution in [2.45, 2.75) is 18.4 Å². The molecule has 0 radical (unpaired) electrons. The average molecular weight is 322 g/mol.